The second-order valence-electron chi connectivity index (χ2n) is 3.63. The zero-order valence-corrected chi connectivity index (χ0v) is 10.2. The number of carboxylic acid groups (broad SMARTS) is 2. The summed E-state index contributed by atoms with van der Waals surface area (Å²) in [5.41, 5.74) is 5.94. The fourth-order valence-electron chi connectivity index (χ4n) is 1.53. The maximum atomic E-state index is 10.7. The molecule has 0 saturated heterocycles. The summed E-state index contributed by atoms with van der Waals surface area (Å²) in [6.45, 7) is -0.872. The van der Waals surface area contributed by atoms with Gasteiger partial charge in [-0.25, -0.2) is 0 Å². The molecular formula is C11H14N3O5+. The number of carboxylic acids is 2. The van der Waals surface area contributed by atoms with E-state index < -0.39 is 25.0 Å². The molecule has 0 aromatic heterocycles. The third-order valence-corrected chi connectivity index (χ3v) is 2.32. The monoisotopic (exact) mass is 268 g/mol. The number of methoxy groups -OCH3 is 1. The minimum Gasteiger partial charge on any atom is -0.494 e. The Hall–Kier alpha value is -2.64. The van der Waals surface area contributed by atoms with Crippen LogP contribution >= 0.6 is 0 Å². The number of hydrogen-bond donors (Lipinski definition) is 3. The van der Waals surface area contributed by atoms with Crippen molar-refractivity contribution in [2.45, 2.75) is 0 Å². The van der Waals surface area contributed by atoms with E-state index in [1.54, 1.807) is 0 Å². The maximum Gasteiger partial charge on any atom is 0.323 e. The van der Waals surface area contributed by atoms with E-state index in [9.17, 15) is 9.59 Å². The number of hydrogen-bond acceptors (Lipinski definition) is 5. The first-order valence-electron chi connectivity index (χ1n) is 5.25. The van der Waals surface area contributed by atoms with Crippen LogP contribution in [0.1, 0.15) is 0 Å². The van der Waals surface area contributed by atoms with Gasteiger partial charge in [0.25, 0.3) is 0 Å². The Balaban J connectivity index is 3.10. The van der Waals surface area contributed by atoms with Crippen molar-refractivity contribution in [3.63, 3.8) is 0 Å². The van der Waals surface area contributed by atoms with Gasteiger partial charge >= 0.3 is 11.9 Å². The van der Waals surface area contributed by atoms with Crippen LogP contribution < -0.4 is 15.2 Å². The second kappa shape index (κ2) is 6.34. The largest absolute Gasteiger partial charge is 0.494 e. The molecule has 0 aliphatic carbocycles. The van der Waals surface area contributed by atoms with Crippen LogP contribution in [0.4, 0.5) is 11.4 Å². The van der Waals surface area contributed by atoms with E-state index in [-0.39, 0.29) is 0 Å². The Bertz CT molecular complexity index is 487. The lowest BCUT2D eigenvalue weighted by atomic mass is 10.2. The average Bonchev–Trinajstić information content (AvgIpc) is 2.36. The van der Waals surface area contributed by atoms with Crippen LogP contribution in [0.3, 0.4) is 0 Å². The first kappa shape index (κ1) is 14.4. The SMILES string of the molecule is COc1cc(N(CC(=O)O)CC(=O)O)ccc1N=[NH2+]. The molecule has 1 aromatic rings. The number of rotatable bonds is 7. The van der Waals surface area contributed by atoms with Gasteiger partial charge in [0.05, 0.1) is 7.11 Å². The maximum absolute atomic E-state index is 10.7. The molecule has 0 spiro atoms. The fourth-order valence-corrected chi connectivity index (χ4v) is 1.53. The van der Waals surface area contributed by atoms with Gasteiger partial charge in [0.15, 0.2) is 11.4 Å². The van der Waals surface area contributed by atoms with Crippen molar-refractivity contribution in [1.82, 2.24) is 0 Å². The fraction of sp³-hybridized carbons (Fsp3) is 0.273. The predicted molar refractivity (Wildman–Crippen MR) is 64.5 cm³/mol. The molecule has 0 radical (unpaired) electrons. The highest BCUT2D eigenvalue weighted by Crippen LogP contribution is 2.31. The standard InChI is InChI=1S/C11H13N3O5/c1-19-9-4-7(2-3-8(9)13-12)14(5-10(15)16)6-11(17)18/h2-4,12H,5-6H2,1H3,(H,15,16)(H,17,18)/p+1. The van der Waals surface area contributed by atoms with Crippen LogP contribution in [-0.4, -0.2) is 42.4 Å². The highest BCUT2D eigenvalue weighted by molar-refractivity contribution is 5.80. The number of aliphatic carboxylic acids is 2. The summed E-state index contributed by atoms with van der Waals surface area (Å²) >= 11 is 0. The number of ether oxygens (including phenoxy) is 1. The molecular weight excluding hydrogens is 254 g/mol. The van der Waals surface area contributed by atoms with E-state index >= 15 is 0 Å². The molecule has 0 fully saturated rings. The van der Waals surface area contributed by atoms with Crippen LogP contribution in [0.2, 0.25) is 0 Å². The molecule has 19 heavy (non-hydrogen) atoms. The Morgan fingerprint density at radius 1 is 1.32 bits per heavy atom. The van der Waals surface area contributed by atoms with Gasteiger partial charge in [0.2, 0.25) is 0 Å². The van der Waals surface area contributed by atoms with Crippen LogP contribution in [0, 0.1) is 0 Å². The Morgan fingerprint density at radius 2 is 1.89 bits per heavy atom. The molecule has 0 unspecified atom stereocenters. The van der Waals surface area contributed by atoms with E-state index in [2.05, 4.69) is 5.11 Å². The van der Waals surface area contributed by atoms with Gasteiger partial charge in [-0.3, -0.25) is 9.59 Å². The van der Waals surface area contributed by atoms with E-state index in [4.69, 9.17) is 20.5 Å². The lowest BCUT2D eigenvalue weighted by Crippen LogP contribution is -2.34. The third kappa shape index (κ3) is 3.95. The van der Waals surface area contributed by atoms with Gasteiger partial charge in [-0.05, 0) is 17.2 Å². The number of benzene rings is 1. The topological polar surface area (TPSA) is 125 Å². The van der Waals surface area contributed by atoms with E-state index in [0.717, 1.165) is 0 Å². The molecule has 4 N–H and O–H groups in total. The van der Waals surface area contributed by atoms with Crippen molar-refractivity contribution < 1.29 is 30.1 Å². The van der Waals surface area contributed by atoms with Gasteiger partial charge in [0, 0.05) is 11.8 Å². The first-order chi connectivity index (χ1) is 8.97. The molecule has 0 saturated carbocycles. The van der Waals surface area contributed by atoms with Crippen molar-refractivity contribution in [1.29, 1.82) is 0 Å². The predicted octanol–water partition coefficient (Wildman–Crippen LogP) is -0.486. The van der Waals surface area contributed by atoms with E-state index in [0.29, 0.717) is 17.1 Å². The quantitative estimate of drug-likeness (QED) is 0.573. The van der Waals surface area contributed by atoms with Crippen molar-refractivity contribution in [2.75, 3.05) is 25.1 Å². The summed E-state index contributed by atoms with van der Waals surface area (Å²) in [6.07, 6.45) is 0. The highest BCUT2D eigenvalue weighted by Gasteiger charge is 2.16. The summed E-state index contributed by atoms with van der Waals surface area (Å²) in [4.78, 5) is 22.7. The molecule has 8 nitrogen and oxygen atoms in total. The number of anilines is 1. The molecule has 0 atom stereocenters. The molecule has 1 rings (SSSR count). The van der Waals surface area contributed by atoms with Gasteiger partial charge in [-0.2, -0.15) is 5.53 Å². The van der Waals surface area contributed by atoms with Gasteiger partial charge in [-0.1, -0.05) is 0 Å². The van der Waals surface area contributed by atoms with Crippen molar-refractivity contribution in [3.05, 3.63) is 18.2 Å². The minimum absolute atomic E-state index is 0.334. The smallest absolute Gasteiger partial charge is 0.323 e. The third-order valence-electron chi connectivity index (χ3n) is 2.32. The second-order valence-corrected chi connectivity index (χ2v) is 3.63. The Kier molecular flexibility index (Phi) is 4.81. The molecule has 102 valence electrons. The summed E-state index contributed by atoms with van der Waals surface area (Å²) in [5.74, 6) is -1.93. The molecule has 0 amide bonds. The molecule has 0 aliphatic rings. The van der Waals surface area contributed by atoms with E-state index in [1.165, 1.54) is 30.2 Å². The van der Waals surface area contributed by atoms with Crippen molar-refractivity contribution in [2.24, 2.45) is 5.11 Å². The van der Waals surface area contributed by atoms with E-state index in [1.807, 2.05) is 0 Å². The minimum atomic E-state index is -1.13. The number of carbonyl (C=O) groups is 2. The zero-order chi connectivity index (χ0) is 14.4. The average molecular weight is 268 g/mol. The van der Waals surface area contributed by atoms with Crippen LogP contribution in [0.25, 0.3) is 0 Å². The summed E-state index contributed by atoms with van der Waals surface area (Å²) in [5, 5.41) is 21.0. The molecule has 0 bridgehead atoms. The Labute approximate surface area is 108 Å². The van der Waals surface area contributed by atoms with Crippen LogP contribution in [0.5, 0.6) is 5.75 Å². The molecule has 1 aromatic carbocycles. The number of nitrogens with two attached hydrogens (primary N) is 1. The van der Waals surface area contributed by atoms with Gasteiger partial charge < -0.3 is 19.8 Å². The van der Waals surface area contributed by atoms with Gasteiger partial charge in [-0.15, -0.1) is 0 Å². The van der Waals surface area contributed by atoms with Gasteiger partial charge in [0.1, 0.15) is 13.1 Å². The normalized spacial score (nSPS) is 9.74. The summed E-state index contributed by atoms with van der Waals surface area (Å²) < 4.78 is 5.04. The first-order valence-corrected chi connectivity index (χ1v) is 5.25. The van der Waals surface area contributed by atoms with Crippen molar-refractivity contribution in [3.8, 4) is 5.75 Å². The van der Waals surface area contributed by atoms with Crippen LogP contribution in [-0.2, 0) is 9.59 Å². The zero-order valence-electron chi connectivity index (χ0n) is 10.2. The molecule has 0 heterocycles. The molecule has 0 aliphatic heterocycles. The highest BCUT2D eigenvalue weighted by atomic mass is 16.5. The lowest BCUT2D eigenvalue weighted by molar-refractivity contribution is -0.210. The van der Waals surface area contributed by atoms with Crippen molar-refractivity contribution >= 4 is 23.3 Å². The summed E-state index contributed by atoms with van der Waals surface area (Å²) in [6, 6.07) is 4.53. The Morgan fingerprint density at radius 3 is 2.32 bits per heavy atom. The summed E-state index contributed by atoms with van der Waals surface area (Å²) in [7, 11) is 1.41. The lowest BCUT2D eigenvalue weighted by Gasteiger charge is -2.21. The van der Waals surface area contributed by atoms with Crippen LogP contribution in [0.15, 0.2) is 23.3 Å². The molecule has 8 heteroatoms. The number of nitrogens with zero attached hydrogens (tertiary/aromatic N) is 2.